The molecule has 0 radical (unpaired) electrons. The van der Waals surface area contributed by atoms with Gasteiger partial charge in [-0.25, -0.2) is 9.59 Å². The second-order valence-corrected chi connectivity index (χ2v) is 9.11. The van der Waals surface area contributed by atoms with Crippen molar-refractivity contribution >= 4 is 11.9 Å². The molecule has 0 spiro atoms. The fourth-order valence-corrected chi connectivity index (χ4v) is 3.48. The summed E-state index contributed by atoms with van der Waals surface area (Å²) in [6.07, 6.45) is 2.86. The molecule has 0 aliphatic carbocycles. The van der Waals surface area contributed by atoms with Gasteiger partial charge < -0.3 is 14.2 Å². The number of carbonyl (C=O) groups is 2. The molecule has 0 aromatic heterocycles. The van der Waals surface area contributed by atoms with Gasteiger partial charge in [0, 0.05) is 0 Å². The lowest BCUT2D eigenvalue weighted by atomic mass is 10.1. The minimum atomic E-state index is -6.53. The molecule has 0 aliphatic heterocycles. The van der Waals surface area contributed by atoms with Gasteiger partial charge in [0.1, 0.15) is 11.5 Å². The molecule has 0 fully saturated rings. The topological polar surface area (TPSA) is 61.8 Å². The molecule has 0 heterocycles. The van der Waals surface area contributed by atoms with Crippen LogP contribution < -0.4 is 9.47 Å². The van der Waals surface area contributed by atoms with E-state index in [-0.39, 0.29) is 11.3 Å². The van der Waals surface area contributed by atoms with Gasteiger partial charge in [-0.05, 0) is 55.0 Å². The van der Waals surface area contributed by atoms with Gasteiger partial charge in [0.2, 0.25) is 0 Å². The van der Waals surface area contributed by atoms with E-state index >= 15 is 0 Å². The molecule has 0 aliphatic rings. The molecule has 0 unspecified atom stereocenters. The minimum Gasteiger partial charge on any atom is -0.494 e. The number of rotatable bonds is 16. The Morgan fingerprint density at radius 2 is 1.12 bits per heavy atom. The van der Waals surface area contributed by atoms with Crippen LogP contribution in [0.25, 0.3) is 0 Å². The predicted octanol–water partition coefficient (Wildman–Crippen LogP) is 8.42. The molecular weight excluding hydrogens is 549 g/mol. The number of hydrogen-bond acceptors (Lipinski definition) is 5. The quantitative estimate of drug-likeness (QED) is 0.0864. The van der Waals surface area contributed by atoms with Crippen molar-refractivity contribution < 1.29 is 54.5 Å². The van der Waals surface area contributed by atoms with E-state index in [1.54, 1.807) is 12.1 Å². The van der Waals surface area contributed by atoms with Crippen molar-refractivity contribution in [1.29, 1.82) is 0 Å². The molecule has 0 N–H and O–H groups in total. The molecule has 0 bridgehead atoms. The second-order valence-electron chi connectivity index (χ2n) is 9.11. The average molecular weight is 581 g/mol. The van der Waals surface area contributed by atoms with Gasteiger partial charge in [-0.15, -0.1) is 0 Å². The van der Waals surface area contributed by atoms with Gasteiger partial charge in [0.25, 0.3) is 0 Å². The monoisotopic (exact) mass is 580 g/mol. The molecule has 2 rings (SSSR count). The zero-order chi connectivity index (χ0) is 29.8. The first-order chi connectivity index (χ1) is 18.8. The highest BCUT2D eigenvalue weighted by Crippen LogP contribution is 2.46. The summed E-state index contributed by atoms with van der Waals surface area (Å²) in [6, 6.07) is 10.3. The first-order valence-corrected chi connectivity index (χ1v) is 12.8. The number of esters is 2. The maximum absolute atomic E-state index is 13.3. The molecule has 0 saturated heterocycles. The molecule has 2 aromatic carbocycles. The fraction of sp³-hybridized carbons (Fsp3) is 0.500. The summed E-state index contributed by atoms with van der Waals surface area (Å²) in [7, 11) is 0. The SMILES string of the molecule is CCCCCCCCCCOc1ccc(C(=O)Oc2ccc(C(=O)OCC(F)(F)C(F)(F)C(F)(F)F)cc2)cc1. The number of halogens is 7. The highest BCUT2D eigenvalue weighted by Gasteiger charge is 2.73. The van der Waals surface area contributed by atoms with E-state index in [0.717, 1.165) is 43.5 Å². The third-order valence-corrected chi connectivity index (χ3v) is 5.86. The lowest BCUT2D eigenvalue weighted by Gasteiger charge is -2.27. The normalized spacial score (nSPS) is 12.2. The van der Waals surface area contributed by atoms with Gasteiger partial charge in [0.15, 0.2) is 6.61 Å². The number of benzene rings is 2. The molecule has 0 amide bonds. The van der Waals surface area contributed by atoms with Crippen molar-refractivity contribution in [3.8, 4) is 11.5 Å². The van der Waals surface area contributed by atoms with E-state index in [1.807, 2.05) is 0 Å². The maximum Gasteiger partial charge on any atom is 0.460 e. The maximum atomic E-state index is 13.3. The Bertz CT molecular complexity index is 1070. The van der Waals surface area contributed by atoms with Crippen LogP contribution in [0, 0.1) is 0 Å². The van der Waals surface area contributed by atoms with E-state index in [2.05, 4.69) is 11.7 Å². The van der Waals surface area contributed by atoms with Crippen molar-refractivity contribution in [3.63, 3.8) is 0 Å². The number of alkyl halides is 7. The highest BCUT2D eigenvalue weighted by molar-refractivity contribution is 5.92. The van der Waals surface area contributed by atoms with Gasteiger partial charge >= 0.3 is 30.0 Å². The van der Waals surface area contributed by atoms with E-state index < -0.39 is 42.1 Å². The van der Waals surface area contributed by atoms with Crippen LogP contribution >= 0.6 is 0 Å². The van der Waals surface area contributed by atoms with E-state index in [1.165, 1.54) is 44.2 Å². The van der Waals surface area contributed by atoms with Crippen molar-refractivity contribution in [2.45, 2.75) is 76.3 Å². The first kappa shape index (κ1) is 32.9. The molecule has 12 heteroatoms. The van der Waals surface area contributed by atoms with Gasteiger partial charge in [0.05, 0.1) is 17.7 Å². The van der Waals surface area contributed by atoms with Gasteiger partial charge in [-0.3, -0.25) is 0 Å². The summed E-state index contributed by atoms with van der Waals surface area (Å²) in [5.41, 5.74) is -0.250. The summed E-state index contributed by atoms with van der Waals surface area (Å²) in [5, 5.41) is 0. The lowest BCUT2D eigenvalue weighted by molar-refractivity contribution is -0.359. The Morgan fingerprint density at radius 3 is 1.65 bits per heavy atom. The standard InChI is InChI=1S/C28H31F7O5/c1-2-3-4-5-6-7-8-9-18-38-22-14-10-21(11-15-22)25(37)40-23-16-12-20(13-17-23)24(36)39-19-26(29,30)27(31,32)28(33,34)35/h10-17H,2-9,18-19H2,1H3. The summed E-state index contributed by atoms with van der Waals surface area (Å²) in [6.45, 7) is 0.242. The number of unbranched alkanes of at least 4 members (excludes halogenated alkanes) is 7. The molecule has 40 heavy (non-hydrogen) atoms. The first-order valence-electron chi connectivity index (χ1n) is 12.8. The number of hydrogen-bond donors (Lipinski definition) is 0. The molecule has 2 aromatic rings. The molecule has 0 saturated carbocycles. The Labute approximate surface area is 227 Å². The zero-order valence-corrected chi connectivity index (χ0v) is 21.9. The van der Waals surface area contributed by atoms with Crippen LogP contribution in [0.2, 0.25) is 0 Å². The van der Waals surface area contributed by atoms with Crippen LogP contribution in [0.15, 0.2) is 48.5 Å². The van der Waals surface area contributed by atoms with E-state index in [4.69, 9.17) is 9.47 Å². The Balaban J connectivity index is 1.78. The fourth-order valence-electron chi connectivity index (χ4n) is 3.48. The number of ether oxygens (including phenoxy) is 3. The Morgan fingerprint density at radius 1 is 0.650 bits per heavy atom. The summed E-state index contributed by atoms with van der Waals surface area (Å²) in [5.74, 6) is -13.9. The largest absolute Gasteiger partial charge is 0.494 e. The van der Waals surface area contributed by atoms with Crippen LogP contribution in [-0.4, -0.2) is 43.2 Å². The van der Waals surface area contributed by atoms with Gasteiger partial charge in [-0.2, -0.15) is 30.7 Å². The Hall–Kier alpha value is -3.31. The smallest absolute Gasteiger partial charge is 0.460 e. The third kappa shape index (κ3) is 9.71. The summed E-state index contributed by atoms with van der Waals surface area (Å²) >= 11 is 0. The van der Waals surface area contributed by atoms with Crippen LogP contribution in [0.3, 0.4) is 0 Å². The van der Waals surface area contributed by atoms with Crippen molar-refractivity contribution in [2.24, 2.45) is 0 Å². The molecule has 222 valence electrons. The van der Waals surface area contributed by atoms with Crippen LogP contribution in [-0.2, 0) is 4.74 Å². The average Bonchev–Trinajstić information content (AvgIpc) is 2.91. The van der Waals surface area contributed by atoms with Crippen LogP contribution in [0.4, 0.5) is 30.7 Å². The zero-order valence-electron chi connectivity index (χ0n) is 21.9. The lowest BCUT2D eigenvalue weighted by Crippen LogP contribution is -2.54. The minimum absolute atomic E-state index is 0.0505. The highest BCUT2D eigenvalue weighted by atomic mass is 19.4. The van der Waals surface area contributed by atoms with Crippen LogP contribution in [0.5, 0.6) is 11.5 Å². The summed E-state index contributed by atoms with van der Waals surface area (Å²) < 4.78 is 104. The van der Waals surface area contributed by atoms with E-state index in [0.29, 0.717) is 12.4 Å². The third-order valence-electron chi connectivity index (χ3n) is 5.86. The van der Waals surface area contributed by atoms with Crippen LogP contribution in [0.1, 0.15) is 79.0 Å². The molecular formula is C28H31F7O5. The second kappa shape index (κ2) is 14.9. The van der Waals surface area contributed by atoms with E-state index in [9.17, 15) is 40.3 Å². The Kier molecular flexibility index (Phi) is 12.3. The van der Waals surface area contributed by atoms with Crippen molar-refractivity contribution in [3.05, 3.63) is 59.7 Å². The van der Waals surface area contributed by atoms with Gasteiger partial charge in [-0.1, -0.05) is 51.9 Å². The van der Waals surface area contributed by atoms with Crippen molar-refractivity contribution in [2.75, 3.05) is 13.2 Å². The number of carbonyl (C=O) groups excluding carboxylic acids is 2. The summed E-state index contributed by atoms with van der Waals surface area (Å²) in [4.78, 5) is 24.2. The molecule has 5 nitrogen and oxygen atoms in total. The predicted molar refractivity (Wildman–Crippen MR) is 132 cm³/mol. The molecule has 0 atom stereocenters. The van der Waals surface area contributed by atoms with Crippen molar-refractivity contribution in [1.82, 2.24) is 0 Å².